The summed E-state index contributed by atoms with van der Waals surface area (Å²) in [6, 6.07) is 10.3. The van der Waals surface area contributed by atoms with E-state index in [1.807, 2.05) is 17.9 Å². The minimum Gasteiger partial charge on any atom is -0.332 e. The molecule has 174 valence electrons. The van der Waals surface area contributed by atoms with E-state index in [1.54, 1.807) is 0 Å². The Morgan fingerprint density at radius 2 is 1.79 bits per heavy atom. The zero-order valence-electron chi connectivity index (χ0n) is 19.6. The maximum absolute atomic E-state index is 13.3. The summed E-state index contributed by atoms with van der Waals surface area (Å²) in [5.74, 6) is 2.05. The quantitative estimate of drug-likeness (QED) is 0.653. The number of hydrogen-bond acceptors (Lipinski definition) is 4. The third-order valence-electron chi connectivity index (χ3n) is 7.57. The van der Waals surface area contributed by atoms with Gasteiger partial charge in [-0.25, -0.2) is 9.97 Å². The van der Waals surface area contributed by atoms with Gasteiger partial charge in [-0.3, -0.25) is 14.5 Å². The van der Waals surface area contributed by atoms with Crippen LogP contribution in [-0.4, -0.2) is 39.8 Å². The molecule has 0 spiro atoms. The van der Waals surface area contributed by atoms with Crippen molar-refractivity contribution in [3.8, 4) is 0 Å². The highest BCUT2D eigenvalue weighted by atomic mass is 16.2. The summed E-state index contributed by atoms with van der Waals surface area (Å²) in [5.41, 5.74) is 3.12. The summed E-state index contributed by atoms with van der Waals surface area (Å²) < 4.78 is 0. The normalized spacial score (nSPS) is 21.0. The first-order chi connectivity index (χ1) is 16.1. The molecule has 1 saturated heterocycles. The van der Waals surface area contributed by atoms with Crippen molar-refractivity contribution in [1.29, 1.82) is 0 Å². The molecule has 2 amide bonds. The number of fused-ring (bicyclic) bond motifs is 1. The lowest BCUT2D eigenvalue weighted by Gasteiger charge is -2.36. The zero-order valence-corrected chi connectivity index (χ0v) is 19.6. The third-order valence-corrected chi connectivity index (χ3v) is 7.57. The lowest BCUT2D eigenvalue weighted by molar-refractivity contribution is -0.139. The van der Waals surface area contributed by atoms with E-state index in [1.165, 1.54) is 5.56 Å². The van der Waals surface area contributed by atoms with Crippen LogP contribution in [0.5, 0.6) is 0 Å². The Hall–Kier alpha value is -2.76. The molecule has 1 aromatic carbocycles. The lowest BCUT2D eigenvalue weighted by atomic mass is 9.97. The van der Waals surface area contributed by atoms with Crippen molar-refractivity contribution in [2.45, 2.75) is 77.2 Å². The minimum absolute atomic E-state index is 0.0716. The van der Waals surface area contributed by atoms with Gasteiger partial charge in [0.1, 0.15) is 5.82 Å². The number of anilines is 1. The fourth-order valence-electron chi connectivity index (χ4n) is 5.73. The van der Waals surface area contributed by atoms with E-state index in [9.17, 15) is 9.59 Å². The molecule has 0 N–H and O–H groups in total. The second-order valence-electron chi connectivity index (χ2n) is 9.81. The molecule has 1 atom stereocenters. The van der Waals surface area contributed by atoms with E-state index in [-0.39, 0.29) is 23.8 Å². The van der Waals surface area contributed by atoms with Gasteiger partial charge in [0.05, 0.1) is 12.5 Å². The van der Waals surface area contributed by atoms with E-state index in [4.69, 9.17) is 9.97 Å². The van der Waals surface area contributed by atoms with E-state index in [2.05, 4.69) is 29.2 Å². The van der Waals surface area contributed by atoms with Crippen LogP contribution in [0, 0.1) is 12.8 Å². The number of carbonyl (C=O) groups excluding carboxylic acids is 2. The summed E-state index contributed by atoms with van der Waals surface area (Å²) in [5, 5.41) is 0. The Morgan fingerprint density at radius 3 is 2.58 bits per heavy atom. The van der Waals surface area contributed by atoms with E-state index >= 15 is 0 Å². The maximum Gasteiger partial charge on any atom is 0.232 e. The van der Waals surface area contributed by atoms with Crippen LogP contribution < -0.4 is 4.90 Å². The number of nitrogens with zero attached hydrogens (tertiary/aromatic N) is 4. The SMILES string of the molecule is Cc1nc(C2CCCCN2C(=O)C2CCCC2)nc2c1CC(=O)N2CCCc1ccccc1. The Bertz CT molecular complexity index is 1020. The first-order valence-corrected chi connectivity index (χ1v) is 12.6. The molecule has 33 heavy (non-hydrogen) atoms. The molecular formula is C27H34N4O2. The molecule has 6 nitrogen and oxygen atoms in total. The van der Waals surface area contributed by atoms with Crippen molar-refractivity contribution in [3.63, 3.8) is 0 Å². The largest absolute Gasteiger partial charge is 0.332 e. The van der Waals surface area contributed by atoms with Crippen LogP contribution in [0.2, 0.25) is 0 Å². The van der Waals surface area contributed by atoms with Gasteiger partial charge < -0.3 is 4.90 Å². The number of amides is 2. The van der Waals surface area contributed by atoms with Gasteiger partial charge in [0.2, 0.25) is 11.8 Å². The van der Waals surface area contributed by atoms with Crippen LogP contribution in [0.4, 0.5) is 5.82 Å². The van der Waals surface area contributed by atoms with Gasteiger partial charge >= 0.3 is 0 Å². The third kappa shape index (κ3) is 4.53. The van der Waals surface area contributed by atoms with Gasteiger partial charge in [-0.15, -0.1) is 0 Å². The van der Waals surface area contributed by atoms with Crippen LogP contribution in [0.1, 0.15) is 80.1 Å². The van der Waals surface area contributed by atoms with Gasteiger partial charge in [-0.05, 0) is 57.4 Å². The number of hydrogen-bond donors (Lipinski definition) is 0. The molecule has 2 aliphatic heterocycles. The molecule has 1 saturated carbocycles. The Morgan fingerprint density at radius 1 is 1.03 bits per heavy atom. The highest BCUT2D eigenvalue weighted by Gasteiger charge is 2.37. The van der Waals surface area contributed by atoms with Gasteiger partial charge in [-0.2, -0.15) is 0 Å². The van der Waals surface area contributed by atoms with Crippen molar-refractivity contribution in [2.75, 3.05) is 18.0 Å². The second-order valence-corrected chi connectivity index (χ2v) is 9.81. The number of carbonyl (C=O) groups is 2. The molecular weight excluding hydrogens is 412 g/mol. The van der Waals surface area contributed by atoms with Crippen molar-refractivity contribution >= 4 is 17.6 Å². The summed E-state index contributed by atoms with van der Waals surface area (Å²) in [4.78, 5) is 39.9. The Kier molecular flexibility index (Phi) is 6.43. The van der Waals surface area contributed by atoms with Crippen molar-refractivity contribution in [2.24, 2.45) is 5.92 Å². The molecule has 3 heterocycles. The van der Waals surface area contributed by atoms with E-state index < -0.39 is 0 Å². The molecule has 1 aromatic heterocycles. The first-order valence-electron chi connectivity index (χ1n) is 12.6. The number of likely N-dealkylation sites (tertiary alicyclic amines) is 1. The highest BCUT2D eigenvalue weighted by molar-refractivity contribution is 6.00. The van der Waals surface area contributed by atoms with Gasteiger partial charge in [-0.1, -0.05) is 43.2 Å². The molecule has 6 heteroatoms. The van der Waals surface area contributed by atoms with E-state index in [0.717, 1.165) is 87.2 Å². The van der Waals surface area contributed by atoms with Crippen LogP contribution in [0.15, 0.2) is 30.3 Å². The zero-order chi connectivity index (χ0) is 22.8. The molecule has 0 radical (unpaired) electrons. The molecule has 1 aliphatic carbocycles. The van der Waals surface area contributed by atoms with Crippen LogP contribution in [-0.2, 0) is 22.4 Å². The monoisotopic (exact) mass is 446 g/mol. The number of benzene rings is 1. The van der Waals surface area contributed by atoms with Crippen molar-refractivity contribution < 1.29 is 9.59 Å². The molecule has 2 fully saturated rings. The molecule has 1 unspecified atom stereocenters. The predicted octanol–water partition coefficient (Wildman–Crippen LogP) is 4.55. The fourth-order valence-corrected chi connectivity index (χ4v) is 5.73. The maximum atomic E-state index is 13.3. The number of aromatic nitrogens is 2. The average Bonchev–Trinajstić information content (AvgIpc) is 3.48. The lowest BCUT2D eigenvalue weighted by Crippen LogP contribution is -2.42. The van der Waals surface area contributed by atoms with Crippen LogP contribution in [0.25, 0.3) is 0 Å². The van der Waals surface area contributed by atoms with Crippen molar-refractivity contribution in [1.82, 2.24) is 14.9 Å². The van der Waals surface area contributed by atoms with Crippen molar-refractivity contribution in [3.05, 3.63) is 53.0 Å². The average molecular weight is 447 g/mol. The summed E-state index contributed by atoms with van der Waals surface area (Å²) >= 11 is 0. The minimum atomic E-state index is -0.0716. The van der Waals surface area contributed by atoms with Crippen LogP contribution in [0.3, 0.4) is 0 Å². The fraction of sp³-hybridized carbons (Fsp3) is 0.556. The first kappa shape index (κ1) is 22.1. The Labute approximate surface area is 196 Å². The molecule has 3 aliphatic rings. The number of piperidine rings is 1. The summed E-state index contributed by atoms with van der Waals surface area (Å²) in [6.45, 7) is 3.43. The Balaban J connectivity index is 1.36. The summed E-state index contributed by atoms with van der Waals surface area (Å²) in [6.07, 6.45) is 9.56. The summed E-state index contributed by atoms with van der Waals surface area (Å²) in [7, 11) is 0. The van der Waals surface area contributed by atoms with Gasteiger partial charge in [0, 0.05) is 30.3 Å². The molecule has 2 aromatic rings. The number of rotatable bonds is 6. The topological polar surface area (TPSA) is 66.4 Å². The smallest absolute Gasteiger partial charge is 0.232 e. The highest BCUT2D eigenvalue weighted by Crippen LogP contribution is 2.37. The standard InChI is InChI=1S/C27H34N4O2/c1-19-22-18-24(32)31(17-9-12-20-10-3-2-4-11-20)26(22)29-25(28-19)23-15-7-8-16-30(23)27(33)21-13-5-6-14-21/h2-4,10-11,21,23H,5-9,12-18H2,1H3. The van der Waals surface area contributed by atoms with Gasteiger partial charge in [0.15, 0.2) is 5.82 Å². The molecule has 5 rings (SSSR count). The number of aryl methyl sites for hydroxylation is 2. The predicted molar refractivity (Wildman–Crippen MR) is 128 cm³/mol. The van der Waals surface area contributed by atoms with Gasteiger partial charge in [0.25, 0.3) is 0 Å². The second kappa shape index (κ2) is 9.62. The van der Waals surface area contributed by atoms with E-state index in [0.29, 0.717) is 13.0 Å². The molecule has 0 bridgehead atoms. The van der Waals surface area contributed by atoms with Crippen LogP contribution >= 0.6 is 0 Å².